The maximum Gasteiger partial charge on any atom is 0.408 e. The van der Waals surface area contributed by atoms with Crippen LogP contribution in [0, 0.1) is 0 Å². The highest BCUT2D eigenvalue weighted by Gasteiger charge is 2.20. The van der Waals surface area contributed by atoms with E-state index in [1.165, 1.54) is 0 Å². The van der Waals surface area contributed by atoms with Gasteiger partial charge in [-0.05, 0) is 50.8 Å². The first kappa shape index (κ1) is 19.8. The summed E-state index contributed by atoms with van der Waals surface area (Å²) in [5.41, 5.74) is 1.70. The van der Waals surface area contributed by atoms with Gasteiger partial charge in [0, 0.05) is 6.20 Å². The van der Waals surface area contributed by atoms with Gasteiger partial charge in [-0.15, -0.1) is 0 Å². The molecule has 0 aliphatic carbocycles. The lowest BCUT2D eigenvalue weighted by Crippen LogP contribution is -2.43. The van der Waals surface area contributed by atoms with Crippen molar-refractivity contribution in [3.63, 3.8) is 0 Å². The molecule has 1 atom stereocenters. The predicted octanol–water partition coefficient (Wildman–Crippen LogP) is 4.16. The summed E-state index contributed by atoms with van der Waals surface area (Å²) < 4.78 is 11.3. The lowest BCUT2D eigenvalue weighted by molar-refractivity contribution is 0.0487. The standard InChI is InChI=1S/C21H28N2O3/c1-5-16-12-19(14-22-13-16)25-15-18(11-17-9-7-6-8-10-17)23-20(24)26-21(2,3)4/h6-10,12-14,18H,5,11,15H2,1-4H3,(H,23,24)/t18-/m0/s1. The van der Waals surface area contributed by atoms with Crippen LogP contribution in [0.4, 0.5) is 4.79 Å². The Hall–Kier alpha value is -2.56. The Bertz CT molecular complexity index is 696. The third-order valence-electron chi connectivity index (χ3n) is 3.68. The Balaban J connectivity index is 2.02. The van der Waals surface area contributed by atoms with Crippen LogP contribution in [0.15, 0.2) is 48.8 Å². The number of amides is 1. The van der Waals surface area contributed by atoms with Crippen molar-refractivity contribution < 1.29 is 14.3 Å². The molecular weight excluding hydrogens is 328 g/mol. The van der Waals surface area contributed by atoms with Crippen LogP contribution in [0.2, 0.25) is 0 Å². The van der Waals surface area contributed by atoms with Crippen LogP contribution in [-0.2, 0) is 17.6 Å². The summed E-state index contributed by atoms with van der Waals surface area (Å²) >= 11 is 0. The normalized spacial score (nSPS) is 12.3. The van der Waals surface area contributed by atoms with Gasteiger partial charge in [0.05, 0.1) is 12.2 Å². The molecule has 1 heterocycles. The Morgan fingerprint density at radius 1 is 1.15 bits per heavy atom. The number of carbonyl (C=O) groups excluding carboxylic acids is 1. The van der Waals surface area contributed by atoms with E-state index in [0.29, 0.717) is 18.8 Å². The van der Waals surface area contributed by atoms with E-state index in [1.807, 2.05) is 63.4 Å². The Morgan fingerprint density at radius 2 is 1.88 bits per heavy atom. The SMILES string of the molecule is CCc1cncc(OC[C@H](Cc2ccccc2)NC(=O)OC(C)(C)C)c1. The van der Waals surface area contributed by atoms with Gasteiger partial charge in [-0.1, -0.05) is 37.3 Å². The van der Waals surface area contributed by atoms with Crippen LogP contribution in [0.25, 0.3) is 0 Å². The predicted molar refractivity (Wildman–Crippen MR) is 102 cm³/mol. The Morgan fingerprint density at radius 3 is 2.54 bits per heavy atom. The first-order valence-corrected chi connectivity index (χ1v) is 8.96. The highest BCUT2D eigenvalue weighted by atomic mass is 16.6. The van der Waals surface area contributed by atoms with Crippen LogP contribution < -0.4 is 10.1 Å². The third kappa shape index (κ3) is 7.13. The van der Waals surface area contributed by atoms with E-state index in [0.717, 1.165) is 17.5 Å². The number of aromatic nitrogens is 1. The molecule has 2 aromatic rings. The van der Waals surface area contributed by atoms with E-state index < -0.39 is 11.7 Å². The molecule has 1 aromatic carbocycles. The maximum atomic E-state index is 12.2. The molecule has 0 saturated heterocycles. The number of nitrogens with zero attached hydrogens (tertiary/aromatic N) is 1. The summed E-state index contributed by atoms with van der Waals surface area (Å²) in [6, 6.07) is 11.8. The van der Waals surface area contributed by atoms with Crippen molar-refractivity contribution in [3.05, 3.63) is 59.9 Å². The summed E-state index contributed by atoms with van der Waals surface area (Å²) in [4.78, 5) is 16.4. The van der Waals surface area contributed by atoms with Crippen molar-refractivity contribution in [2.24, 2.45) is 0 Å². The molecule has 5 nitrogen and oxygen atoms in total. The summed E-state index contributed by atoms with van der Waals surface area (Å²) in [7, 11) is 0. The summed E-state index contributed by atoms with van der Waals surface area (Å²) in [6.45, 7) is 7.94. The molecule has 0 aliphatic rings. The van der Waals surface area contributed by atoms with Gasteiger partial charge in [0.1, 0.15) is 18.0 Å². The van der Waals surface area contributed by atoms with Gasteiger partial charge in [-0.25, -0.2) is 4.79 Å². The van der Waals surface area contributed by atoms with Crippen LogP contribution in [0.1, 0.15) is 38.8 Å². The summed E-state index contributed by atoms with van der Waals surface area (Å²) in [6.07, 6.45) is 4.62. The molecule has 26 heavy (non-hydrogen) atoms. The van der Waals surface area contributed by atoms with Crippen molar-refractivity contribution in [2.75, 3.05) is 6.61 Å². The van der Waals surface area contributed by atoms with Crippen LogP contribution >= 0.6 is 0 Å². The van der Waals surface area contributed by atoms with Crippen molar-refractivity contribution in [1.82, 2.24) is 10.3 Å². The van der Waals surface area contributed by atoms with Gasteiger partial charge in [-0.3, -0.25) is 4.98 Å². The number of nitrogens with one attached hydrogen (secondary N) is 1. The van der Waals surface area contributed by atoms with Gasteiger partial charge in [-0.2, -0.15) is 0 Å². The lowest BCUT2D eigenvalue weighted by Gasteiger charge is -2.24. The molecule has 0 fully saturated rings. The monoisotopic (exact) mass is 356 g/mol. The van der Waals surface area contributed by atoms with Crippen molar-refractivity contribution in [2.45, 2.75) is 52.2 Å². The Labute approximate surface area is 155 Å². The minimum atomic E-state index is -0.540. The number of aryl methyl sites for hydroxylation is 1. The highest BCUT2D eigenvalue weighted by molar-refractivity contribution is 5.68. The first-order chi connectivity index (χ1) is 12.4. The second-order valence-corrected chi connectivity index (χ2v) is 7.23. The number of benzene rings is 1. The third-order valence-corrected chi connectivity index (χ3v) is 3.68. The van der Waals surface area contributed by atoms with Gasteiger partial charge in [0.25, 0.3) is 0 Å². The number of hydrogen-bond donors (Lipinski definition) is 1. The molecule has 1 amide bonds. The average molecular weight is 356 g/mol. The van der Waals surface area contributed by atoms with E-state index in [2.05, 4.69) is 17.2 Å². The van der Waals surface area contributed by atoms with Gasteiger partial charge in [0.2, 0.25) is 0 Å². The fraction of sp³-hybridized carbons (Fsp3) is 0.429. The Kier molecular flexibility index (Phi) is 7.01. The zero-order valence-electron chi connectivity index (χ0n) is 16.0. The maximum absolute atomic E-state index is 12.2. The smallest absolute Gasteiger partial charge is 0.408 e. The molecular formula is C21H28N2O3. The van der Waals surface area contributed by atoms with Crippen molar-refractivity contribution in [1.29, 1.82) is 0 Å². The molecule has 0 radical (unpaired) electrons. The molecule has 0 saturated carbocycles. The number of hydrogen-bond acceptors (Lipinski definition) is 4. The van der Waals surface area contributed by atoms with Crippen molar-refractivity contribution in [3.8, 4) is 5.75 Å². The topological polar surface area (TPSA) is 60.5 Å². The molecule has 0 spiro atoms. The number of carbonyl (C=O) groups is 1. The number of ether oxygens (including phenoxy) is 2. The van der Waals surface area contributed by atoms with Crippen molar-refractivity contribution >= 4 is 6.09 Å². The van der Waals surface area contributed by atoms with Gasteiger partial charge < -0.3 is 14.8 Å². The molecule has 140 valence electrons. The lowest BCUT2D eigenvalue weighted by atomic mass is 10.1. The summed E-state index contributed by atoms with van der Waals surface area (Å²) in [5, 5.41) is 2.91. The van der Waals surface area contributed by atoms with Crippen LogP contribution in [0.3, 0.4) is 0 Å². The van der Waals surface area contributed by atoms with Gasteiger partial charge in [0.15, 0.2) is 0 Å². The molecule has 1 aromatic heterocycles. The highest BCUT2D eigenvalue weighted by Crippen LogP contribution is 2.13. The second kappa shape index (κ2) is 9.22. The van der Waals surface area contributed by atoms with E-state index in [9.17, 15) is 4.79 Å². The largest absolute Gasteiger partial charge is 0.490 e. The number of pyridine rings is 1. The molecule has 2 rings (SSSR count). The van der Waals surface area contributed by atoms with E-state index >= 15 is 0 Å². The minimum Gasteiger partial charge on any atom is -0.490 e. The minimum absolute atomic E-state index is 0.211. The number of alkyl carbamates (subject to hydrolysis) is 1. The fourth-order valence-corrected chi connectivity index (χ4v) is 2.46. The average Bonchev–Trinajstić information content (AvgIpc) is 2.59. The quantitative estimate of drug-likeness (QED) is 0.809. The summed E-state index contributed by atoms with van der Waals surface area (Å²) in [5.74, 6) is 0.702. The molecule has 0 bridgehead atoms. The van der Waals surface area contributed by atoms with Gasteiger partial charge >= 0.3 is 6.09 Å². The molecule has 0 aliphatic heterocycles. The zero-order valence-corrected chi connectivity index (χ0v) is 16.0. The fourth-order valence-electron chi connectivity index (χ4n) is 2.46. The van der Waals surface area contributed by atoms with Crippen LogP contribution in [0.5, 0.6) is 5.75 Å². The first-order valence-electron chi connectivity index (χ1n) is 8.96. The molecule has 1 N–H and O–H groups in total. The van der Waals surface area contributed by atoms with E-state index in [1.54, 1.807) is 6.20 Å². The molecule has 0 unspecified atom stereocenters. The van der Waals surface area contributed by atoms with E-state index in [4.69, 9.17) is 9.47 Å². The van der Waals surface area contributed by atoms with E-state index in [-0.39, 0.29) is 6.04 Å². The number of rotatable bonds is 7. The van der Waals surface area contributed by atoms with Crippen LogP contribution in [-0.4, -0.2) is 29.3 Å². The zero-order chi connectivity index (χ0) is 19.0. The molecule has 5 heteroatoms. The second-order valence-electron chi connectivity index (χ2n) is 7.23.